The molecule has 3 aromatic rings. The molecule has 0 bridgehead atoms. The zero-order valence-corrected chi connectivity index (χ0v) is 14.0. The summed E-state index contributed by atoms with van der Waals surface area (Å²) >= 11 is 0. The molecule has 0 N–H and O–H groups in total. The Labute approximate surface area is 142 Å². The number of aryl methyl sites for hydroxylation is 1. The largest absolute Gasteiger partial charge is 0.497 e. The van der Waals surface area contributed by atoms with E-state index >= 15 is 0 Å². The topological polar surface area (TPSA) is 39.4 Å². The minimum Gasteiger partial charge on any atom is -0.497 e. The molecular formula is C20H21N3O. The predicted molar refractivity (Wildman–Crippen MR) is 96.2 cm³/mol. The van der Waals surface area contributed by atoms with Gasteiger partial charge in [-0.1, -0.05) is 37.3 Å². The van der Waals surface area contributed by atoms with Crippen molar-refractivity contribution in [3.63, 3.8) is 0 Å². The molecule has 0 atom stereocenters. The maximum atomic E-state index is 5.22. The van der Waals surface area contributed by atoms with Gasteiger partial charge in [-0.25, -0.2) is 9.98 Å². The van der Waals surface area contributed by atoms with Crippen molar-refractivity contribution >= 4 is 5.69 Å². The Morgan fingerprint density at radius 2 is 1.75 bits per heavy atom. The Kier molecular flexibility index (Phi) is 5.06. The fraction of sp³-hybridized carbons (Fsp3) is 0.200. The molecule has 4 heteroatoms. The maximum absolute atomic E-state index is 5.22. The molecule has 0 unspecified atom stereocenters. The van der Waals surface area contributed by atoms with Gasteiger partial charge in [0, 0.05) is 24.5 Å². The van der Waals surface area contributed by atoms with Crippen LogP contribution in [0.3, 0.4) is 0 Å². The van der Waals surface area contributed by atoms with E-state index in [0.29, 0.717) is 0 Å². The summed E-state index contributed by atoms with van der Waals surface area (Å²) in [5.74, 6) is 0.851. The lowest BCUT2D eigenvalue weighted by molar-refractivity contribution is 0.415. The lowest BCUT2D eigenvalue weighted by Gasteiger charge is -2.09. The van der Waals surface area contributed by atoms with Gasteiger partial charge in [-0.05, 0) is 36.2 Å². The lowest BCUT2D eigenvalue weighted by Crippen LogP contribution is -2.23. The average Bonchev–Trinajstić information content (AvgIpc) is 2.64. The highest BCUT2D eigenvalue weighted by Crippen LogP contribution is 2.21. The number of hydrogen-bond acceptors (Lipinski definition) is 3. The quantitative estimate of drug-likeness (QED) is 0.707. The van der Waals surface area contributed by atoms with Gasteiger partial charge in [-0.2, -0.15) is 0 Å². The Hall–Kier alpha value is -2.88. The summed E-state index contributed by atoms with van der Waals surface area (Å²) in [4.78, 5) is 9.23. The van der Waals surface area contributed by atoms with Gasteiger partial charge in [0.15, 0.2) is 0 Å². The predicted octanol–water partition coefficient (Wildman–Crippen LogP) is 4.20. The molecule has 122 valence electrons. The minimum absolute atomic E-state index is 0.723. The summed E-state index contributed by atoms with van der Waals surface area (Å²) in [6.07, 6.45) is 5.01. The van der Waals surface area contributed by atoms with Crippen LogP contribution >= 0.6 is 0 Å². The van der Waals surface area contributed by atoms with Crippen LogP contribution in [0, 0.1) is 0 Å². The molecule has 0 spiro atoms. The molecule has 0 fully saturated rings. The van der Waals surface area contributed by atoms with Gasteiger partial charge in [-0.3, -0.25) is 0 Å². The smallest absolute Gasteiger partial charge is 0.229 e. The third kappa shape index (κ3) is 3.71. The van der Waals surface area contributed by atoms with Crippen molar-refractivity contribution < 1.29 is 4.74 Å². The van der Waals surface area contributed by atoms with Gasteiger partial charge in [0.1, 0.15) is 5.75 Å². The van der Waals surface area contributed by atoms with E-state index in [2.05, 4.69) is 27.7 Å². The normalized spacial score (nSPS) is 11.5. The first-order valence-electron chi connectivity index (χ1n) is 8.11. The monoisotopic (exact) mass is 319 g/mol. The standard InChI is InChI=1S/C20H21N3O/c1-3-13-23-15-17(16-9-11-19(24-2)12-10-16)14-21-20(23)22-18-7-5-4-6-8-18/h4-12,14-15H,3,13H2,1-2H3/b22-20-. The van der Waals surface area contributed by atoms with E-state index in [4.69, 9.17) is 4.74 Å². The van der Waals surface area contributed by atoms with Crippen LogP contribution in [0.4, 0.5) is 5.69 Å². The molecular weight excluding hydrogens is 298 g/mol. The van der Waals surface area contributed by atoms with Crippen molar-refractivity contribution in [3.8, 4) is 16.9 Å². The lowest BCUT2D eigenvalue weighted by atomic mass is 10.1. The van der Waals surface area contributed by atoms with Gasteiger partial charge in [0.2, 0.25) is 5.62 Å². The Balaban J connectivity index is 2.02. The number of ether oxygens (including phenoxy) is 1. The summed E-state index contributed by atoms with van der Waals surface area (Å²) in [5, 5.41) is 0. The minimum atomic E-state index is 0.723. The molecule has 24 heavy (non-hydrogen) atoms. The zero-order valence-electron chi connectivity index (χ0n) is 14.0. The first kappa shape index (κ1) is 16.0. The van der Waals surface area contributed by atoms with Crippen molar-refractivity contribution in [1.29, 1.82) is 0 Å². The van der Waals surface area contributed by atoms with Crippen LogP contribution in [0.2, 0.25) is 0 Å². The summed E-state index contributed by atoms with van der Waals surface area (Å²) in [6, 6.07) is 17.9. The fourth-order valence-electron chi connectivity index (χ4n) is 2.51. The highest BCUT2D eigenvalue weighted by Gasteiger charge is 2.02. The molecule has 0 amide bonds. The van der Waals surface area contributed by atoms with Crippen molar-refractivity contribution in [1.82, 2.24) is 9.55 Å². The maximum Gasteiger partial charge on any atom is 0.229 e. The molecule has 0 aliphatic carbocycles. The average molecular weight is 319 g/mol. The second-order valence-electron chi connectivity index (χ2n) is 5.51. The van der Waals surface area contributed by atoms with Gasteiger partial charge in [0.25, 0.3) is 0 Å². The summed E-state index contributed by atoms with van der Waals surface area (Å²) in [5.41, 5.74) is 3.81. The number of hydrogen-bond donors (Lipinski definition) is 0. The number of para-hydroxylation sites is 1. The Bertz CT molecular complexity index is 852. The van der Waals surface area contributed by atoms with Gasteiger partial charge in [0.05, 0.1) is 12.8 Å². The van der Waals surface area contributed by atoms with Crippen molar-refractivity contribution in [2.24, 2.45) is 4.99 Å². The van der Waals surface area contributed by atoms with E-state index in [1.54, 1.807) is 7.11 Å². The van der Waals surface area contributed by atoms with Crippen LogP contribution in [0.25, 0.3) is 11.1 Å². The zero-order chi connectivity index (χ0) is 16.8. The highest BCUT2D eigenvalue weighted by molar-refractivity contribution is 5.62. The third-order valence-electron chi connectivity index (χ3n) is 3.74. The third-order valence-corrected chi connectivity index (χ3v) is 3.74. The van der Waals surface area contributed by atoms with Crippen LogP contribution in [-0.4, -0.2) is 16.7 Å². The van der Waals surface area contributed by atoms with Gasteiger partial charge >= 0.3 is 0 Å². The number of aromatic nitrogens is 2. The summed E-state index contributed by atoms with van der Waals surface area (Å²) < 4.78 is 7.32. The van der Waals surface area contributed by atoms with Crippen molar-refractivity contribution in [2.45, 2.75) is 19.9 Å². The number of benzene rings is 2. The number of nitrogens with zero attached hydrogens (tertiary/aromatic N) is 3. The molecule has 0 aliphatic rings. The second kappa shape index (κ2) is 7.59. The second-order valence-corrected chi connectivity index (χ2v) is 5.51. The van der Waals surface area contributed by atoms with Crippen LogP contribution in [-0.2, 0) is 6.54 Å². The van der Waals surface area contributed by atoms with Crippen molar-refractivity contribution in [3.05, 3.63) is 72.6 Å². The van der Waals surface area contributed by atoms with E-state index in [9.17, 15) is 0 Å². The van der Waals surface area contributed by atoms with Gasteiger partial charge in [-0.15, -0.1) is 0 Å². The molecule has 4 nitrogen and oxygen atoms in total. The molecule has 0 radical (unpaired) electrons. The summed E-state index contributed by atoms with van der Waals surface area (Å²) in [6.45, 7) is 3.03. The van der Waals surface area contributed by atoms with E-state index in [0.717, 1.165) is 41.1 Å². The Morgan fingerprint density at radius 3 is 2.42 bits per heavy atom. The molecule has 0 saturated heterocycles. The van der Waals surface area contributed by atoms with E-state index in [-0.39, 0.29) is 0 Å². The fourth-order valence-corrected chi connectivity index (χ4v) is 2.51. The van der Waals surface area contributed by atoms with E-state index in [1.807, 2.05) is 60.8 Å². The molecule has 1 heterocycles. The first-order chi connectivity index (χ1) is 11.8. The number of rotatable bonds is 5. The molecule has 2 aromatic carbocycles. The van der Waals surface area contributed by atoms with Crippen LogP contribution < -0.4 is 10.4 Å². The molecule has 0 aliphatic heterocycles. The molecule has 1 aromatic heterocycles. The van der Waals surface area contributed by atoms with Crippen LogP contribution in [0.1, 0.15) is 13.3 Å². The van der Waals surface area contributed by atoms with E-state index in [1.165, 1.54) is 0 Å². The Morgan fingerprint density at radius 1 is 1.00 bits per heavy atom. The SMILES string of the molecule is CCCn1cc(-c2ccc(OC)cc2)cn/c1=N/c1ccccc1. The van der Waals surface area contributed by atoms with Gasteiger partial charge < -0.3 is 9.30 Å². The highest BCUT2D eigenvalue weighted by atomic mass is 16.5. The molecule has 0 saturated carbocycles. The van der Waals surface area contributed by atoms with E-state index < -0.39 is 0 Å². The first-order valence-corrected chi connectivity index (χ1v) is 8.11. The number of methoxy groups -OCH3 is 1. The van der Waals surface area contributed by atoms with Crippen LogP contribution in [0.5, 0.6) is 5.75 Å². The molecule has 3 rings (SSSR count). The summed E-state index contributed by atoms with van der Waals surface area (Å²) in [7, 11) is 1.67. The van der Waals surface area contributed by atoms with Crippen LogP contribution in [0.15, 0.2) is 72.0 Å². The van der Waals surface area contributed by atoms with Crippen molar-refractivity contribution in [2.75, 3.05) is 7.11 Å².